The minimum absolute atomic E-state index is 0.0617. The fraction of sp³-hybridized carbons (Fsp3) is 0.364. The van der Waals surface area contributed by atoms with Crippen molar-refractivity contribution in [1.82, 2.24) is 0 Å². The molecule has 94 valence electrons. The van der Waals surface area contributed by atoms with Crippen molar-refractivity contribution in [3.63, 3.8) is 0 Å². The van der Waals surface area contributed by atoms with E-state index in [1.54, 1.807) is 24.3 Å². The predicted molar refractivity (Wildman–Crippen MR) is 63.0 cm³/mol. The van der Waals surface area contributed by atoms with E-state index in [4.69, 9.17) is 9.29 Å². The third-order valence-electron chi connectivity index (χ3n) is 2.06. The van der Waals surface area contributed by atoms with Gasteiger partial charge >= 0.3 is 0 Å². The highest BCUT2D eigenvalue weighted by molar-refractivity contribution is 7.85. The zero-order valence-electron chi connectivity index (χ0n) is 9.42. The number of ether oxygens (including phenoxy) is 1. The van der Waals surface area contributed by atoms with Gasteiger partial charge < -0.3 is 4.74 Å². The first kappa shape index (κ1) is 13.7. The van der Waals surface area contributed by atoms with Crippen LogP contribution in [-0.4, -0.2) is 31.1 Å². The molecular weight excluding hydrogens is 244 g/mol. The predicted octanol–water partition coefficient (Wildman–Crippen LogP) is 1.55. The van der Waals surface area contributed by atoms with Crippen molar-refractivity contribution in [3.8, 4) is 5.75 Å². The van der Waals surface area contributed by atoms with Crippen molar-refractivity contribution >= 4 is 15.9 Å². The maximum atomic E-state index is 11.1. The lowest BCUT2D eigenvalue weighted by Gasteiger charge is -2.06. The first-order valence-electron chi connectivity index (χ1n) is 5.07. The van der Waals surface area contributed by atoms with Crippen LogP contribution in [0.4, 0.5) is 0 Å². The summed E-state index contributed by atoms with van der Waals surface area (Å²) in [5.41, 5.74) is 0.539. The number of benzene rings is 1. The Morgan fingerprint density at radius 2 is 2.12 bits per heavy atom. The fourth-order valence-electron chi connectivity index (χ4n) is 1.24. The molecule has 17 heavy (non-hydrogen) atoms. The smallest absolute Gasteiger partial charge is 0.264 e. The van der Waals surface area contributed by atoms with Crippen LogP contribution in [0.5, 0.6) is 5.75 Å². The number of ketones is 1. The second-order valence-corrected chi connectivity index (χ2v) is 5.14. The Morgan fingerprint density at radius 3 is 2.71 bits per heavy atom. The molecule has 5 nitrogen and oxygen atoms in total. The Morgan fingerprint density at radius 1 is 1.41 bits per heavy atom. The van der Waals surface area contributed by atoms with E-state index >= 15 is 0 Å². The van der Waals surface area contributed by atoms with E-state index in [0.29, 0.717) is 11.3 Å². The maximum absolute atomic E-state index is 11.1. The summed E-state index contributed by atoms with van der Waals surface area (Å²) in [5, 5.41) is 0. The van der Waals surface area contributed by atoms with Crippen LogP contribution in [0.2, 0.25) is 0 Å². The van der Waals surface area contributed by atoms with Gasteiger partial charge in [0.05, 0.1) is 12.4 Å². The summed E-state index contributed by atoms with van der Waals surface area (Å²) in [5.74, 6) is 0.112. The lowest BCUT2D eigenvalue weighted by molar-refractivity contribution is 0.101. The number of hydrogen-bond acceptors (Lipinski definition) is 4. The topological polar surface area (TPSA) is 80.7 Å². The molecule has 1 aromatic carbocycles. The van der Waals surface area contributed by atoms with E-state index in [-0.39, 0.29) is 24.6 Å². The Labute approximate surface area is 100 Å². The van der Waals surface area contributed by atoms with Crippen LogP contribution in [0, 0.1) is 0 Å². The molecule has 1 rings (SSSR count). The molecule has 0 atom stereocenters. The highest BCUT2D eigenvalue weighted by atomic mass is 32.2. The molecule has 0 aliphatic rings. The van der Waals surface area contributed by atoms with Crippen LogP contribution in [-0.2, 0) is 10.1 Å². The number of carbonyl (C=O) groups is 1. The minimum Gasteiger partial charge on any atom is -0.494 e. The number of hydrogen-bond donors (Lipinski definition) is 1. The van der Waals surface area contributed by atoms with Gasteiger partial charge in [0.25, 0.3) is 10.1 Å². The van der Waals surface area contributed by atoms with Gasteiger partial charge in [-0.2, -0.15) is 8.42 Å². The first-order chi connectivity index (χ1) is 7.88. The van der Waals surface area contributed by atoms with Crippen LogP contribution in [0.3, 0.4) is 0 Å². The van der Waals surface area contributed by atoms with Gasteiger partial charge in [-0.3, -0.25) is 9.35 Å². The third-order valence-corrected chi connectivity index (χ3v) is 2.86. The van der Waals surface area contributed by atoms with E-state index in [9.17, 15) is 13.2 Å². The van der Waals surface area contributed by atoms with Crippen LogP contribution >= 0.6 is 0 Å². The van der Waals surface area contributed by atoms with Crippen LogP contribution < -0.4 is 4.74 Å². The molecule has 0 aliphatic heterocycles. The SMILES string of the molecule is CC(=O)c1cccc(OCCCS(=O)(=O)O)c1. The van der Waals surface area contributed by atoms with E-state index in [1.165, 1.54) is 6.92 Å². The quantitative estimate of drug-likeness (QED) is 0.475. The molecule has 1 aromatic rings. The van der Waals surface area contributed by atoms with Crippen LogP contribution in [0.1, 0.15) is 23.7 Å². The highest BCUT2D eigenvalue weighted by Gasteiger charge is 2.05. The Hall–Kier alpha value is -1.40. The maximum Gasteiger partial charge on any atom is 0.264 e. The largest absolute Gasteiger partial charge is 0.494 e. The lowest BCUT2D eigenvalue weighted by Crippen LogP contribution is -2.08. The minimum atomic E-state index is -3.93. The van der Waals surface area contributed by atoms with Gasteiger partial charge in [-0.25, -0.2) is 0 Å². The molecule has 1 N–H and O–H groups in total. The Bertz CT molecular complexity index is 492. The zero-order chi connectivity index (χ0) is 12.9. The van der Waals surface area contributed by atoms with Crippen molar-refractivity contribution in [3.05, 3.63) is 29.8 Å². The van der Waals surface area contributed by atoms with Gasteiger partial charge in [0.1, 0.15) is 5.75 Å². The number of carbonyl (C=O) groups excluding carboxylic acids is 1. The van der Waals surface area contributed by atoms with Crippen molar-refractivity contribution in [2.24, 2.45) is 0 Å². The van der Waals surface area contributed by atoms with Gasteiger partial charge in [-0.1, -0.05) is 12.1 Å². The van der Waals surface area contributed by atoms with Crippen molar-refractivity contribution in [2.75, 3.05) is 12.4 Å². The monoisotopic (exact) mass is 258 g/mol. The highest BCUT2D eigenvalue weighted by Crippen LogP contribution is 2.13. The standard InChI is InChI=1S/C11H14O5S/c1-9(12)10-4-2-5-11(8-10)16-6-3-7-17(13,14)15/h2,4-5,8H,3,6-7H2,1H3,(H,13,14,15). The van der Waals surface area contributed by atoms with E-state index < -0.39 is 10.1 Å². The molecule has 0 saturated heterocycles. The normalized spacial score (nSPS) is 11.2. The molecule has 0 fully saturated rings. The second-order valence-electron chi connectivity index (χ2n) is 3.57. The summed E-state index contributed by atoms with van der Waals surface area (Å²) < 4.78 is 34.7. The van der Waals surface area contributed by atoms with E-state index in [1.807, 2.05) is 0 Å². The Kier molecular flexibility index (Phi) is 4.65. The van der Waals surface area contributed by atoms with Gasteiger partial charge in [0.2, 0.25) is 0 Å². The molecule has 0 spiro atoms. The van der Waals surface area contributed by atoms with E-state index in [2.05, 4.69) is 0 Å². The molecule has 6 heteroatoms. The molecule has 0 aliphatic carbocycles. The summed E-state index contributed by atoms with van der Waals surface area (Å²) in [7, 11) is -3.93. The van der Waals surface area contributed by atoms with Crippen molar-refractivity contribution in [2.45, 2.75) is 13.3 Å². The number of Topliss-reactive ketones (excluding diaryl/α,β-unsaturated/α-hetero) is 1. The van der Waals surface area contributed by atoms with Gasteiger partial charge in [-0.15, -0.1) is 0 Å². The fourth-order valence-corrected chi connectivity index (χ4v) is 1.72. The van der Waals surface area contributed by atoms with Gasteiger partial charge in [-0.05, 0) is 25.5 Å². The summed E-state index contributed by atoms with van der Waals surface area (Å²) in [6.45, 7) is 1.62. The summed E-state index contributed by atoms with van der Waals surface area (Å²) in [6, 6.07) is 6.64. The molecular formula is C11H14O5S. The third kappa shape index (κ3) is 5.46. The first-order valence-corrected chi connectivity index (χ1v) is 6.68. The number of rotatable bonds is 6. The van der Waals surface area contributed by atoms with Crippen molar-refractivity contribution in [1.29, 1.82) is 0 Å². The lowest BCUT2D eigenvalue weighted by atomic mass is 10.1. The molecule has 0 heterocycles. The summed E-state index contributed by atoms with van der Waals surface area (Å²) in [4.78, 5) is 11.1. The molecule has 0 saturated carbocycles. The van der Waals surface area contributed by atoms with Crippen LogP contribution in [0.15, 0.2) is 24.3 Å². The summed E-state index contributed by atoms with van der Waals surface area (Å²) >= 11 is 0. The second kappa shape index (κ2) is 5.79. The van der Waals surface area contributed by atoms with E-state index in [0.717, 1.165) is 0 Å². The van der Waals surface area contributed by atoms with Gasteiger partial charge in [0.15, 0.2) is 5.78 Å². The molecule has 0 unspecified atom stereocenters. The zero-order valence-corrected chi connectivity index (χ0v) is 10.2. The molecule has 0 aromatic heterocycles. The molecule has 0 amide bonds. The van der Waals surface area contributed by atoms with Gasteiger partial charge in [0, 0.05) is 5.56 Å². The Balaban J connectivity index is 2.47. The summed E-state index contributed by atoms with van der Waals surface area (Å²) in [6.07, 6.45) is 0.198. The average molecular weight is 258 g/mol. The molecule has 0 radical (unpaired) electrons. The average Bonchev–Trinajstić information content (AvgIpc) is 2.23. The molecule has 0 bridgehead atoms. The van der Waals surface area contributed by atoms with Crippen molar-refractivity contribution < 1.29 is 22.5 Å². The van der Waals surface area contributed by atoms with Crippen LogP contribution in [0.25, 0.3) is 0 Å².